The van der Waals surface area contributed by atoms with E-state index in [2.05, 4.69) is 0 Å². The molecule has 1 amide bonds. The summed E-state index contributed by atoms with van der Waals surface area (Å²) in [5.74, 6) is 0.471. The summed E-state index contributed by atoms with van der Waals surface area (Å²) in [5.41, 5.74) is 0.606. The van der Waals surface area contributed by atoms with Crippen LogP contribution in [0, 0.1) is 0 Å². The van der Waals surface area contributed by atoms with Crippen molar-refractivity contribution in [3.63, 3.8) is 0 Å². The number of aromatic hydroxyl groups is 1. The smallest absolute Gasteiger partial charge is 0.264 e. The number of phenolic OH excluding ortho intramolecular Hbond substituents is 1. The van der Waals surface area contributed by atoms with Gasteiger partial charge in [0.05, 0.1) is 0 Å². The van der Waals surface area contributed by atoms with Crippen LogP contribution >= 0.6 is 11.6 Å². The molecular formula is C15H14ClNO3. The number of hydrogen-bond donors (Lipinski definition) is 1. The minimum Gasteiger partial charge on any atom is -0.508 e. The molecule has 0 aliphatic heterocycles. The summed E-state index contributed by atoms with van der Waals surface area (Å²) in [4.78, 5) is 13.4. The molecule has 0 aliphatic carbocycles. The molecule has 4 nitrogen and oxygen atoms in total. The summed E-state index contributed by atoms with van der Waals surface area (Å²) in [6.07, 6.45) is 0. The summed E-state index contributed by atoms with van der Waals surface area (Å²) in [6.45, 7) is -0.0895. The van der Waals surface area contributed by atoms with E-state index in [1.54, 1.807) is 49.5 Å². The van der Waals surface area contributed by atoms with Gasteiger partial charge in [-0.05, 0) is 36.4 Å². The number of anilines is 1. The Hall–Kier alpha value is -2.20. The first-order chi connectivity index (χ1) is 9.56. The van der Waals surface area contributed by atoms with Crippen molar-refractivity contribution in [1.82, 2.24) is 0 Å². The molecule has 1 N–H and O–H groups in total. The third-order valence-corrected chi connectivity index (χ3v) is 3.02. The number of hydrogen-bond acceptors (Lipinski definition) is 3. The highest BCUT2D eigenvalue weighted by atomic mass is 35.5. The van der Waals surface area contributed by atoms with Crippen molar-refractivity contribution in [1.29, 1.82) is 0 Å². The molecule has 0 radical (unpaired) electrons. The lowest BCUT2D eigenvalue weighted by Gasteiger charge is -2.17. The fourth-order valence-corrected chi connectivity index (χ4v) is 1.74. The predicted octanol–water partition coefficient (Wildman–Crippen LogP) is 3.09. The topological polar surface area (TPSA) is 49.8 Å². The maximum Gasteiger partial charge on any atom is 0.264 e. The van der Waals surface area contributed by atoms with Crippen molar-refractivity contribution in [3.05, 3.63) is 53.6 Å². The molecule has 0 fully saturated rings. The van der Waals surface area contributed by atoms with Gasteiger partial charge in [-0.25, -0.2) is 0 Å². The largest absolute Gasteiger partial charge is 0.508 e. The monoisotopic (exact) mass is 291 g/mol. The van der Waals surface area contributed by atoms with Gasteiger partial charge in [0.2, 0.25) is 0 Å². The van der Waals surface area contributed by atoms with Gasteiger partial charge < -0.3 is 14.7 Å². The van der Waals surface area contributed by atoms with Crippen LogP contribution in [0.2, 0.25) is 5.02 Å². The summed E-state index contributed by atoms with van der Waals surface area (Å²) in [7, 11) is 1.63. The zero-order valence-electron chi connectivity index (χ0n) is 10.9. The second-order valence-electron chi connectivity index (χ2n) is 4.22. The zero-order chi connectivity index (χ0) is 14.5. The van der Waals surface area contributed by atoms with E-state index in [1.807, 2.05) is 0 Å². The third kappa shape index (κ3) is 3.65. The van der Waals surface area contributed by atoms with E-state index in [4.69, 9.17) is 16.3 Å². The van der Waals surface area contributed by atoms with Crippen molar-refractivity contribution >= 4 is 23.2 Å². The molecule has 104 valence electrons. The van der Waals surface area contributed by atoms with Gasteiger partial charge in [-0.3, -0.25) is 4.79 Å². The van der Waals surface area contributed by atoms with E-state index in [0.717, 1.165) is 0 Å². The molecule has 0 aromatic heterocycles. The van der Waals surface area contributed by atoms with Gasteiger partial charge in [0.1, 0.15) is 11.5 Å². The molecule has 2 aromatic carbocycles. The first kappa shape index (κ1) is 14.2. The Kier molecular flexibility index (Phi) is 4.48. The summed E-state index contributed by atoms with van der Waals surface area (Å²) >= 11 is 5.77. The maximum atomic E-state index is 12.0. The molecular weight excluding hydrogens is 278 g/mol. The average Bonchev–Trinajstić information content (AvgIpc) is 2.45. The van der Waals surface area contributed by atoms with E-state index in [1.165, 1.54) is 11.0 Å². The summed E-state index contributed by atoms with van der Waals surface area (Å²) < 4.78 is 5.38. The Morgan fingerprint density at radius 1 is 1.25 bits per heavy atom. The minimum atomic E-state index is -0.217. The molecule has 0 saturated heterocycles. The Morgan fingerprint density at radius 3 is 2.60 bits per heavy atom. The van der Waals surface area contributed by atoms with Crippen LogP contribution in [-0.4, -0.2) is 24.7 Å². The second kappa shape index (κ2) is 6.30. The highest BCUT2D eigenvalue weighted by molar-refractivity contribution is 6.30. The molecule has 0 aliphatic rings. The highest BCUT2D eigenvalue weighted by Crippen LogP contribution is 2.19. The Labute approximate surface area is 122 Å². The van der Waals surface area contributed by atoms with Crippen molar-refractivity contribution in [3.8, 4) is 11.5 Å². The number of halogens is 1. The lowest BCUT2D eigenvalue weighted by atomic mass is 10.3. The molecule has 0 heterocycles. The fourth-order valence-electron chi connectivity index (χ4n) is 1.62. The normalized spacial score (nSPS) is 10.1. The van der Waals surface area contributed by atoms with E-state index >= 15 is 0 Å². The van der Waals surface area contributed by atoms with Crippen LogP contribution in [0.1, 0.15) is 0 Å². The lowest BCUT2D eigenvalue weighted by molar-refractivity contribution is -0.120. The number of carbonyl (C=O) groups is 1. The number of phenols is 1. The molecule has 0 saturated carbocycles. The molecule has 0 spiro atoms. The number of amides is 1. The zero-order valence-corrected chi connectivity index (χ0v) is 11.7. The first-order valence-corrected chi connectivity index (χ1v) is 6.38. The Bertz CT molecular complexity index is 598. The molecule has 0 atom stereocenters. The number of rotatable bonds is 4. The predicted molar refractivity (Wildman–Crippen MR) is 78.5 cm³/mol. The maximum absolute atomic E-state index is 12.0. The molecule has 2 rings (SSSR count). The molecule has 2 aromatic rings. The second-order valence-corrected chi connectivity index (χ2v) is 4.65. The minimum absolute atomic E-state index is 0.0895. The quantitative estimate of drug-likeness (QED) is 0.942. The van der Waals surface area contributed by atoms with E-state index in [0.29, 0.717) is 16.5 Å². The van der Waals surface area contributed by atoms with Crippen LogP contribution in [-0.2, 0) is 4.79 Å². The number of nitrogens with zero attached hydrogens (tertiary/aromatic N) is 1. The van der Waals surface area contributed by atoms with Crippen molar-refractivity contribution < 1.29 is 14.6 Å². The van der Waals surface area contributed by atoms with Crippen LogP contribution in [0.25, 0.3) is 0 Å². The standard InChI is InChI=1S/C15H14ClNO3/c1-17(12-3-2-4-13(18)9-12)15(19)10-20-14-7-5-11(16)6-8-14/h2-9,18H,10H2,1H3. The number of benzene rings is 2. The van der Waals surface area contributed by atoms with Crippen LogP contribution < -0.4 is 9.64 Å². The van der Waals surface area contributed by atoms with E-state index < -0.39 is 0 Å². The van der Waals surface area contributed by atoms with E-state index in [9.17, 15) is 9.90 Å². The number of ether oxygens (including phenoxy) is 1. The highest BCUT2D eigenvalue weighted by Gasteiger charge is 2.12. The molecule has 0 unspecified atom stereocenters. The Balaban J connectivity index is 1.96. The van der Waals surface area contributed by atoms with Crippen molar-refractivity contribution in [2.45, 2.75) is 0 Å². The van der Waals surface area contributed by atoms with E-state index in [-0.39, 0.29) is 18.3 Å². The summed E-state index contributed by atoms with van der Waals surface area (Å²) in [5, 5.41) is 10.0. The molecule has 0 bridgehead atoms. The molecule has 20 heavy (non-hydrogen) atoms. The average molecular weight is 292 g/mol. The fraction of sp³-hybridized carbons (Fsp3) is 0.133. The lowest BCUT2D eigenvalue weighted by Crippen LogP contribution is -2.31. The van der Waals surface area contributed by atoms with Gasteiger partial charge in [-0.2, -0.15) is 0 Å². The van der Waals surface area contributed by atoms with Gasteiger partial charge in [0.15, 0.2) is 6.61 Å². The Morgan fingerprint density at radius 2 is 1.95 bits per heavy atom. The van der Waals surface area contributed by atoms with Crippen LogP contribution in [0.4, 0.5) is 5.69 Å². The number of carbonyl (C=O) groups excluding carboxylic acids is 1. The van der Waals surface area contributed by atoms with Gasteiger partial charge in [-0.15, -0.1) is 0 Å². The number of likely N-dealkylation sites (N-methyl/N-ethyl adjacent to an activating group) is 1. The first-order valence-electron chi connectivity index (χ1n) is 6.00. The van der Waals surface area contributed by atoms with Gasteiger partial charge in [0.25, 0.3) is 5.91 Å². The van der Waals surface area contributed by atoms with Gasteiger partial charge >= 0.3 is 0 Å². The van der Waals surface area contributed by atoms with Gasteiger partial charge in [-0.1, -0.05) is 17.7 Å². The summed E-state index contributed by atoms with van der Waals surface area (Å²) in [6, 6.07) is 13.3. The van der Waals surface area contributed by atoms with Crippen molar-refractivity contribution in [2.75, 3.05) is 18.6 Å². The molecule has 5 heteroatoms. The van der Waals surface area contributed by atoms with Crippen molar-refractivity contribution in [2.24, 2.45) is 0 Å². The SMILES string of the molecule is CN(C(=O)COc1ccc(Cl)cc1)c1cccc(O)c1. The van der Waals surface area contributed by atoms with Gasteiger partial charge in [0, 0.05) is 23.8 Å². The third-order valence-electron chi connectivity index (χ3n) is 2.77. The van der Waals surface area contributed by atoms with Crippen LogP contribution in [0.3, 0.4) is 0 Å². The van der Waals surface area contributed by atoms with Crippen LogP contribution in [0.15, 0.2) is 48.5 Å². The van der Waals surface area contributed by atoms with Crippen LogP contribution in [0.5, 0.6) is 11.5 Å².